The van der Waals surface area contributed by atoms with E-state index in [1.54, 1.807) is 18.4 Å². The largest absolute Gasteiger partial charge is 0.491 e. The van der Waals surface area contributed by atoms with Gasteiger partial charge in [0.2, 0.25) is 5.91 Å². The van der Waals surface area contributed by atoms with Crippen LogP contribution in [0.1, 0.15) is 55.7 Å². The molecule has 0 radical (unpaired) electrons. The minimum Gasteiger partial charge on any atom is -0.491 e. The molecule has 0 unspecified atom stereocenters. The van der Waals surface area contributed by atoms with Crippen molar-refractivity contribution in [3.8, 4) is 5.75 Å². The molecule has 1 aliphatic heterocycles. The third-order valence-corrected chi connectivity index (χ3v) is 6.96. The van der Waals surface area contributed by atoms with E-state index in [1.165, 1.54) is 15.3 Å². The summed E-state index contributed by atoms with van der Waals surface area (Å²) in [4.78, 5) is 30.8. The first-order valence-corrected chi connectivity index (χ1v) is 12.8. The summed E-state index contributed by atoms with van der Waals surface area (Å²) in [6, 6.07) is 9.77. The lowest BCUT2D eigenvalue weighted by molar-refractivity contribution is -0.135. The highest BCUT2D eigenvalue weighted by Gasteiger charge is 2.33. The van der Waals surface area contributed by atoms with Gasteiger partial charge in [0, 0.05) is 31.1 Å². The fourth-order valence-electron chi connectivity index (χ4n) is 4.04. The average molecular weight is 488 g/mol. The first kappa shape index (κ1) is 26.0. The van der Waals surface area contributed by atoms with E-state index in [4.69, 9.17) is 9.47 Å². The third kappa shape index (κ3) is 6.73. The van der Waals surface area contributed by atoms with Crippen molar-refractivity contribution < 1.29 is 19.1 Å². The minimum absolute atomic E-state index is 0.000962. The minimum atomic E-state index is -0.258. The fraction of sp³-hybridized carbons (Fsp3) is 0.538. The number of thiophene rings is 1. The molecule has 7 nitrogen and oxygen atoms in total. The molecule has 186 valence electrons. The third-order valence-electron chi connectivity index (χ3n) is 5.96. The van der Waals surface area contributed by atoms with Crippen LogP contribution in [0.2, 0.25) is 0 Å². The summed E-state index contributed by atoms with van der Waals surface area (Å²) < 4.78 is 11.3. The molecular formula is C26H37N3O4S. The Morgan fingerprint density at radius 1 is 1.18 bits per heavy atom. The summed E-state index contributed by atoms with van der Waals surface area (Å²) >= 11 is 1.72. The molecule has 34 heavy (non-hydrogen) atoms. The molecule has 1 N–H and O–H groups in total. The highest BCUT2D eigenvalue weighted by Crippen LogP contribution is 2.34. The number of rotatable bonds is 10. The topological polar surface area (TPSA) is 71.1 Å². The van der Waals surface area contributed by atoms with Gasteiger partial charge >= 0.3 is 6.03 Å². The van der Waals surface area contributed by atoms with E-state index in [-0.39, 0.29) is 30.6 Å². The first-order valence-electron chi connectivity index (χ1n) is 11.9. The molecule has 3 amide bonds. The zero-order valence-electron chi connectivity index (χ0n) is 20.9. The van der Waals surface area contributed by atoms with Crippen LogP contribution in [0, 0.1) is 0 Å². The maximum absolute atomic E-state index is 13.4. The van der Waals surface area contributed by atoms with Gasteiger partial charge in [-0.2, -0.15) is 0 Å². The highest BCUT2D eigenvalue weighted by molar-refractivity contribution is 7.10. The Morgan fingerprint density at radius 3 is 2.56 bits per heavy atom. The Morgan fingerprint density at radius 2 is 1.91 bits per heavy atom. The average Bonchev–Trinajstić information content (AvgIpc) is 3.29. The number of benzene rings is 1. The van der Waals surface area contributed by atoms with Crippen LogP contribution in [-0.4, -0.2) is 67.7 Å². The summed E-state index contributed by atoms with van der Waals surface area (Å²) in [5.41, 5.74) is 2.40. The molecule has 2 heterocycles. The Bertz CT molecular complexity index is 942. The molecule has 1 aliphatic rings. The van der Waals surface area contributed by atoms with E-state index >= 15 is 0 Å². The van der Waals surface area contributed by atoms with E-state index in [0.29, 0.717) is 32.2 Å². The van der Waals surface area contributed by atoms with Gasteiger partial charge in [0.05, 0.1) is 12.6 Å². The molecule has 8 heteroatoms. The standard InChI is InChI=1S/C26H37N3O4S/c1-18(2)20-6-8-21(9-7-20)33-17-23-22-11-15-34-24(22)10-12-29(23)25(30)16-28(13-14-32-5)26(31)27-19(3)4/h6-9,11,15,18-19,23H,10,12-14,16-17H2,1-5H3,(H,27,31)/t23-/m1/s1. The van der Waals surface area contributed by atoms with Crippen molar-refractivity contribution in [3.63, 3.8) is 0 Å². The monoisotopic (exact) mass is 487 g/mol. The van der Waals surface area contributed by atoms with Gasteiger partial charge in [-0.25, -0.2) is 4.79 Å². The lowest BCUT2D eigenvalue weighted by Gasteiger charge is -2.37. The van der Waals surface area contributed by atoms with Crippen molar-refractivity contribution in [1.82, 2.24) is 15.1 Å². The molecular weight excluding hydrogens is 450 g/mol. The highest BCUT2D eigenvalue weighted by atomic mass is 32.1. The number of hydrogen-bond donors (Lipinski definition) is 1. The Balaban J connectivity index is 1.73. The Hall–Kier alpha value is -2.58. The second-order valence-corrected chi connectivity index (χ2v) is 10.2. The van der Waals surface area contributed by atoms with Gasteiger partial charge in [-0.3, -0.25) is 4.79 Å². The summed E-state index contributed by atoms with van der Waals surface area (Å²) in [5.74, 6) is 1.16. The van der Waals surface area contributed by atoms with Crippen LogP contribution in [0.5, 0.6) is 5.75 Å². The van der Waals surface area contributed by atoms with E-state index in [9.17, 15) is 9.59 Å². The van der Waals surface area contributed by atoms with Crippen molar-refractivity contribution in [2.75, 3.05) is 40.0 Å². The van der Waals surface area contributed by atoms with Crippen molar-refractivity contribution >= 4 is 23.3 Å². The molecule has 0 bridgehead atoms. The molecule has 1 aromatic heterocycles. The first-order chi connectivity index (χ1) is 16.3. The maximum atomic E-state index is 13.4. The predicted molar refractivity (Wildman–Crippen MR) is 136 cm³/mol. The van der Waals surface area contributed by atoms with Crippen LogP contribution in [-0.2, 0) is 16.0 Å². The second kappa shape index (κ2) is 12.2. The van der Waals surface area contributed by atoms with Gasteiger partial charge in [0.15, 0.2) is 0 Å². The summed E-state index contributed by atoms with van der Waals surface area (Å²) in [5, 5.41) is 4.95. The summed E-state index contributed by atoms with van der Waals surface area (Å²) in [6.07, 6.45) is 0.814. The quantitative estimate of drug-likeness (QED) is 0.538. The van der Waals surface area contributed by atoms with Gasteiger partial charge in [0.1, 0.15) is 18.9 Å². The van der Waals surface area contributed by atoms with Crippen molar-refractivity contribution in [2.24, 2.45) is 0 Å². The van der Waals surface area contributed by atoms with Gasteiger partial charge in [-0.05, 0) is 60.9 Å². The molecule has 0 saturated heterocycles. The molecule has 3 rings (SSSR count). The molecule has 0 saturated carbocycles. The van der Waals surface area contributed by atoms with Gasteiger partial charge < -0.3 is 24.6 Å². The van der Waals surface area contributed by atoms with Crippen LogP contribution < -0.4 is 10.1 Å². The van der Waals surface area contributed by atoms with Crippen LogP contribution >= 0.6 is 11.3 Å². The SMILES string of the molecule is COCCN(CC(=O)N1CCc2sccc2[C@H]1COc1ccc(C(C)C)cc1)C(=O)NC(C)C. The number of ether oxygens (including phenoxy) is 2. The van der Waals surface area contributed by atoms with Crippen LogP contribution in [0.3, 0.4) is 0 Å². The molecule has 1 atom stereocenters. The van der Waals surface area contributed by atoms with Crippen LogP contribution in [0.4, 0.5) is 4.79 Å². The number of carbonyl (C=O) groups is 2. The Kier molecular flexibility index (Phi) is 9.36. The van der Waals surface area contributed by atoms with E-state index < -0.39 is 0 Å². The molecule has 0 aliphatic carbocycles. The molecule has 2 aromatic rings. The number of urea groups is 1. The summed E-state index contributed by atoms with van der Waals surface area (Å²) in [7, 11) is 1.59. The van der Waals surface area contributed by atoms with Crippen molar-refractivity contribution in [1.29, 1.82) is 0 Å². The number of amides is 3. The Labute approximate surface area is 207 Å². The van der Waals surface area contributed by atoms with Crippen LogP contribution in [0.15, 0.2) is 35.7 Å². The number of nitrogens with zero attached hydrogens (tertiary/aromatic N) is 2. The van der Waals surface area contributed by atoms with Crippen LogP contribution in [0.25, 0.3) is 0 Å². The van der Waals surface area contributed by atoms with E-state index in [2.05, 4.69) is 42.7 Å². The number of carbonyl (C=O) groups excluding carboxylic acids is 2. The fourth-order valence-corrected chi connectivity index (χ4v) is 4.97. The number of hydrogen-bond acceptors (Lipinski definition) is 5. The van der Waals surface area contributed by atoms with Gasteiger partial charge in [-0.15, -0.1) is 11.3 Å². The predicted octanol–water partition coefficient (Wildman–Crippen LogP) is 4.44. The molecule has 0 fully saturated rings. The molecule has 1 aromatic carbocycles. The van der Waals surface area contributed by atoms with Gasteiger partial charge in [-0.1, -0.05) is 26.0 Å². The van der Waals surface area contributed by atoms with E-state index in [0.717, 1.165) is 17.7 Å². The van der Waals surface area contributed by atoms with Gasteiger partial charge in [0.25, 0.3) is 0 Å². The molecule has 0 spiro atoms. The second-order valence-electron chi connectivity index (χ2n) is 9.21. The smallest absolute Gasteiger partial charge is 0.318 e. The maximum Gasteiger partial charge on any atom is 0.318 e. The zero-order valence-corrected chi connectivity index (χ0v) is 21.7. The normalized spacial score (nSPS) is 15.4. The van der Waals surface area contributed by atoms with Crippen molar-refractivity contribution in [2.45, 2.75) is 52.1 Å². The van der Waals surface area contributed by atoms with Crippen molar-refractivity contribution in [3.05, 3.63) is 51.7 Å². The lowest BCUT2D eigenvalue weighted by atomic mass is 10.00. The summed E-state index contributed by atoms with van der Waals surface area (Å²) in [6.45, 7) is 9.82. The zero-order chi connectivity index (χ0) is 24.7. The number of fused-ring (bicyclic) bond motifs is 1. The number of nitrogens with one attached hydrogen (secondary N) is 1. The lowest BCUT2D eigenvalue weighted by Crippen LogP contribution is -2.51. The number of methoxy groups -OCH3 is 1. The van der Waals surface area contributed by atoms with E-state index in [1.807, 2.05) is 30.9 Å².